The van der Waals surface area contributed by atoms with Crippen LogP contribution in [0.15, 0.2) is 23.2 Å². The van der Waals surface area contributed by atoms with E-state index in [0.29, 0.717) is 11.5 Å². The lowest BCUT2D eigenvalue weighted by Gasteiger charge is -2.33. The number of rotatable bonds is 7. The van der Waals surface area contributed by atoms with Crippen LogP contribution in [0.3, 0.4) is 0 Å². The molecule has 1 N–H and O–H groups in total. The molecule has 2 fully saturated rings. The Balaban J connectivity index is 1.61. The van der Waals surface area contributed by atoms with E-state index in [9.17, 15) is 14.7 Å². The number of carboxylic acid groups (broad SMARTS) is 1. The van der Waals surface area contributed by atoms with Gasteiger partial charge in [0.1, 0.15) is 5.75 Å². The number of benzene rings is 1. The van der Waals surface area contributed by atoms with Crippen LogP contribution < -0.4 is 4.74 Å². The molecule has 1 spiro atoms. The van der Waals surface area contributed by atoms with Crippen LogP contribution in [0, 0.1) is 18.3 Å². The first-order chi connectivity index (χ1) is 18.8. The molecule has 0 unspecified atom stereocenters. The quantitative estimate of drug-likeness (QED) is 0.358. The third-order valence-electron chi connectivity index (χ3n) is 9.35. The lowest BCUT2D eigenvalue weighted by atomic mass is 9.79. The molecule has 2 aromatic rings. The molecule has 216 valence electrons. The minimum absolute atomic E-state index is 0.0781. The van der Waals surface area contributed by atoms with Crippen molar-refractivity contribution < 1.29 is 19.4 Å². The van der Waals surface area contributed by atoms with Gasteiger partial charge in [-0.25, -0.2) is 4.99 Å². The van der Waals surface area contributed by atoms with Crippen molar-refractivity contribution in [3.05, 3.63) is 40.6 Å². The number of fused-ring (bicyclic) bond motifs is 2. The fourth-order valence-corrected chi connectivity index (χ4v) is 6.74. The molecular weight excluding hydrogens is 500 g/mol. The summed E-state index contributed by atoms with van der Waals surface area (Å²) in [7, 11) is 0. The van der Waals surface area contributed by atoms with Gasteiger partial charge in [-0.15, -0.1) is 0 Å². The zero-order chi connectivity index (χ0) is 28.9. The molecule has 1 amide bonds. The molecule has 6 heteroatoms. The average Bonchev–Trinajstić information content (AvgIpc) is 3.58. The van der Waals surface area contributed by atoms with E-state index in [-0.39, 0.29) is 23.2 Å². The maximum atomic E-state index is 13.5. The van der Waals surface area contributed by atoms with E-state index < -0.39 is 11.4 Å². The Morgan fingerprint density at radius 3 is 2.40 bits per heavy atom. The van der Waals surface area contributed by atoms with Crippen molar-refractivity contribution in [1.82, 2.24) is 4.57 Å². The van der Waals surface area contributed by atoms with E-state index in [1.54, 1.807) is 13.8 Å². The van der Waals surface area contributed by atoms with Crippen LogP contribution in [-0.2, 0) is 22.2 Å². The summed E-state index contributed by atoms with van der Waals surface area (Å²) < 4.78 is 8.70. The van der Waals surface area contributed by atoms with Gasteiger partial charge in [-0.2, -0.15) is 0 Å². The van der Waals surface area contributed by atoms with Gasteiger partial charge in [-0.05, 0) is 74.1 Å². The first-order valence-electron chi connectivity index (χ1n) is 15.1. The molecule has 40 heavy (non-hydrogen) atoms. The molecule has 0 saturated heterocycles. The number of aliphatic carboxylic acids is 1. The number of hydrogen-bond acceptors (Lipinski definition) is 3. The van der Waals surface area contributed by atoms with Gasteiger partial charge in [0.25, 0.3) is 5.91 Å². The minimum atomic E-state index is -0.902. The van der Waals surface area contributed by atoms with Crippen LogP contribution in [0.2, 0.25) is 0 Å². The Labute approximate surface area is 239 Å². The largest absolute Gasteiger partial charge is 0.493 e. The summed E-state index contributed by atoms with van der Waals surface area (Å²) in [6, 6.07) is 6.66. The van der Waals surface area contributed by atoms with Gasteiger partial charge in [0.15, 0.2) is 0 Å². The van der Waals surface area contributed by atoms with Crippen LogP contribution in [0.1, 0.15) is 120 Å². The molecule has 5 rings (SSSR count). The summed E-state index contributed by atoms with van der Waals surface area (Å²) in [5.41, 5.74) is 5.77. The van der Waals surface area contributed by atoms with E-state index in [1.807, 2.05) is 13.0 Å². The highest BCUT2D eigenvalue weighted by Crippen LogP contribution is 2.58. The number of carbonyl (C=O) groups is 2. The van der Waals surface area contributed by atoms with Crippen molar-refractivity contribution in [2.75, 3.05) is 6.61 Å². The van der Waals surface area contributed by atoms with Crippen LogP contribution in [0.4, 0.5) is 0 Å². The number of carboxylic acids is 1. The molecule has 0 bridgehead atoms. The zero-order valence-corrected chi connectivity index (χ0v) is 25.2. The van der Waals surface area contributed by atoms with Gasteiger partial charge in [0.05, 0.1) is 18.6 Å². The molecule has 1 aromatic carbocycles. The summed E-state index contributed by atoms with van der Waals surface area (Å²) in [6.07, 6.45) is 11.2. The molecule has 0 atom stereocenters. The highest BCUT2D eigenvalue weighted by atomic mass is 16.5. The van der Waals surface area contributed by atoms with Crippen LogP contribution in [0.25, 0.3) is 11.3 Å². The second-order valence-corrected chi connectivity index (χ2v) is 14.3. The number of carbonyl (C=O) groups excluding carboxylic acids is 1. The maximum Gasteiger partial charge on any atom is 0.304 e. The van der Waals surface area contributed by atoms with Crippen molar-refractivity contribution in [2.24, 2.45) is 16.3 Å². The number of aromatic nitrogens is 1. The normalized spacial score (nSPS) is 19.1. The van der Waals surface area contributed by atoms with E-state index in [1.165, 1.54) is 62.3 Å². The van der Waals surface area contributed by atoms with Crippen molar-refractivity contribution in [3.8, 4) is 17.0 Å². The Bertz CT molecular complexity index is 1310. The Hall–Kier alpha value is -2.89. The van der Waals surface area contributed by atoms with E-state index in [0.717, 1.165) is 42.3 Å². The molecule has 2 saturated carbocycles. The molecule has 3 aliphatic rings. The number of hydrogen-bond donors (Lipinski definition) is 1. The van der Waals surface area contributed by atoms with Crippen LogP contribution in [0.5, 0.6) is 5.75 Å². The fourth-order valence-electron chi connectivity index (χ4n) is 6.74. The third-order valence-corrected chi connectivity index (χ3v) is 9.35. The number of nitrogens with zero attached hydrogens (tertiary/aromatic N) is 2. The van der Waals surface area contributed by atoms with Gasteiger partial charge in [-0.1, -0.05) is 53.9 Å². The molecule has 0 radical (unpaired) electrons. The highest BCUT2D eigenvalue weighted by Gasteiger charge is 2.49. The van der Waals surface area contributed by atoms with Crippen molar-refractivity contribution >= 4 is 18.1 Å². The van der Waals surface area contributed by atoms with Gasteiger partial charge in [0, 0.05) is 46.1 Å². The summed E-state index contributed by atoms with van der Waals surface area (Å²) in [5, 5.41) is 9.24. The molecule has 2 aliphatic carbocycles. The SMILES string of the molecule is Cc1c(C(=O)N=CC(C)(C)CC(=O)O)cc(-c2cc(C(C)(C)C)c3c(c2)C2(CCO3)CC2)n1CC1CCCCC1. The first-order valence-corrected chi connectivity index (χ1v) is 15.1. The molecular formula is C34H46N2O4. The Kier molecular flexibility index (Phi) is 7.52. The van der Waals surface area contributed by atoms with E-state index in [4.69, 9.17) is 4.74 Å². The standard InChI is InChI=1S/C34H46N2O4/c1-22-25(31(39)35-21-33(5,6)19-29(37)38)18-28(36(22)20-23-10-8-7-9-11-23)24-16-26(32(2,3)4)30-27(17-24)34(12-13-34)14-15-40-30/h16-18,21,23H,7-15,19-20H2,1-6H3,(H,37,38). The summed E-state index contributed by atoms with van der Waals surface area (Å²) in [4.78, 5) is 29.0. The lowest BCUT2D eigenvalue weighted by Crippen LogP contribution is -2.24. The van der Waals surface area contributed by atoms with Gasteiger partial charge < -0.3 is 14.4 Å². The zero-order valence-electron chi connectivity index (χ0n) is 25.2. The number of amides is 1. The second kappa shape index (κ2) is 10.5. The molecule has 1 aromatic heterocycles. The van der Waals surface area contributed by atoms with E-state index in [2.05, 4.69) is 42.5 Å². The summed E-state index contributed by atoms with van der Waals surface area (Å²) >= 11 is 0. The lowest BCUT2D eigenvalue weighted by molar-refractivity contribution is -0.138. The van der Waals surface area contributed by atoms with Gasteiger partial charge >= 0.3 is 5.97 Å². The average molecular weight is 547 g/mol. The minimum Gasteiger partial charge on any atom is -0.493 e. The predicted octanol–water partition coefficient (Wildman–Crippen LogP) is 7.87. The van der Waals surface area contributed by atoms with Gasteiger partial charge in [0.2, 0.25) is 0 Å². The van der Waals surface area contributed by atoms with Crippen molar-refractivity contribution in [2.45, 2.75) is 117 Å². The molecule has 2 heterocycles. The third kappa shape index (κ3) is 5.77. The second-order valence-electron chi connectivity index (χ2n) is 14.3. The maximum absolute atomic E-state index is 13.5. The predicted molar refractivity (Wildman–Crippen MR) is 160 cm³/mol. The monoisotopic (exact) mass is 546 g/mol. The molecule has 1 aliphatic heterocycles. The van der Waals surface area contributed by atoms with Crippen LogP contribution >= 0.6 is 0 Å². The van der Waals surface area contributed by atoms with E-state index >= 15 is 0 Å². The van der Waals surface area contributed by atoms with Gasteiger partial charge in [-0.3, -0.25) is 9.59 Å². The number of aliphatic imine (C=N–C) groups is 1. The highest BCUT2D eigenvalue weighted by molar-refractivity contribution is 6.02. The Morgan fingerprint density at radius 1 is 1.07 bits per heavy atom. The first kappa shape index (κ1) is 28.6. The molecule has 6 nitrogen and oxygen atoms in total. The van der Waals surface area contributed by atoms with Crippen LogP contribution in [-0.4, -0.2) is 34.4 Å². The topological polar surface area (TPSA) is 80.9 Å². The Morgan fingerprint density at radius 2 is 1.77 bits per heavy atom. The fraction of sp³-hybridized carbons (Fsp3) is 0.618. The van der Waals surface area contributed by atoms with Crippen molar-refractivity contribution in [1.29, 1.82) is 0 Å². The summed E-state index contributed by atoms with van der Waals surface area (Å²) in [6.45, 7) is 14.0. The van der Waals surface area contributed by atoms with Crippen molar-refractivity contribution in [3.63, 3.8) is 0 Å². The number of ether oxygens (including phenoxy) is 1. The summed E-state index contributed by atoms with van der Waals surface area (Å²) in [5.74, 6) is 0.456. The smallest absolute Gasteiger partial charge is 0.304 e.